The van der Waals surface area contributed by atoms with E-state index in [0.717, 1.165) is 34.3 Å². The van der Waals surface area contributed by atoms with Gasteiger partial charge in [-0.05, 0) is 82.4 Å². The Morgan fingerprint density at radius 1 is 1.29 bits per heavy atom. The Kier molecular flexibility index (Phi) is 6.99. The van der Waals surface area contributed by atoms with Crippen molar-refractivity contribution in [2.45, 2.75) is 39.3 Å². The number of ether oxygens (including phenoxy) is 1. The maximum absolute atomic E-state index is 5.62. The zero-order chi connectivity index (χ0) is 15.2. The van der Waals surface area contributed by atoms with Crippen molar-refractivity contribution in [3.05, 3.63) is 26.6 Å². The molecule has 1 aliphatic heterocycles. The van der Waals surface area contributed by atoms with Crippen LogP contribution in [0.15, 0.2) is 21.1 Å². The predicted molar refractivity (Wildman–Crippen MR) is 95.0 cm³/mol. The van der Waals surface area contributed by atoms with Gasteiger partial charge in [0.1, 0.15) is 5.75 Å². The second-order valence-electron chi connectivity index (χ2n) is 5.38. The predicted octanol–water partition coefficient (Wildman–Crippen LogP) is 4.18. The number of likely N-dealkylation sites (tertiary alicyclic amines) is 1. The molecule has 3 nitrogen and oxygen atoms in total. The van der Waals surface area contributed by atoms with Crippen LogP contribution in [0.2, 0.25) is 0 Å². The third-order valence-electron chi connectivity index (χ3n) is 3.96. The molecule has 1 fully saturated rings. The van der Waals surface area contributed by atoms with Gasteiger partial charge in [0.05, 0.1) is 15.6 Å². The van der Waals surface area contributed by atoms with E-state index < -0.39 is 0 Å². The van der Waals surface area contributed by atoms with E-state index in [2.05, 4.69) is 61.1 Å². The van der Waals surface area contributed by atoms with Crippen LogP contribution in [-0.4, -0.2) is 37.2 Å². The lowest BCUT2D eigenvalue weighted by Gasteiger charge is -2.23. The summed E-state index contributed by atoms with van der Waals surface area (Å²) in [6.45, 7) is 9.28. The minimum atomic E-state index is 0.670. The molecule has 0 unspecified atom stereocenters. The van der Waals surface area contributed by atoms with Gasteiger partial charge in [-0.2, -0.15) is 0 Å². The lowest BCUT2D eigenvalue weighted by Crippen LogP contribution is -2.37. The van der Waals surface area contributed by atoms with Gasteiger partial charge in [-0.25, -0.2) is 0 Å². The first kappa shape index (κ1) is 17.3. The second-order valence-corrected chi connectivity index (χ2v) is 7.09. The summed E-state index contributed by atoms with van der Waals surface area (Å²) < 4.78 is 7.63. The number of nitrogens with one attached hydrogen (secondary N) is 1. The molecular formula is C16H24Br2N2O. The molecule has 0 aromatic heterocycles. The largest absolute Gasteiger partial charge is 0.492 e. The first-order chi connectivity index (χ1) is 10.2. The molecule has 0 amide bonds. The molecule has 0 radical (unpaired) electrons. The zero-order valence-corrected chi connectivity index (χ0v) is 16.0. The maximum Gasteiger partial charge on any atom is 0.147 e. The first-order valence-electron chi connectivity index (χ1n) is 7.71. The lowest BCUT2D eigenvalue weighted by molar-refractivity contribution is 0.260. The van der Waals surface area contributed by atoms with Gasteiger partial charge in [0, 0.05) is 19.1 Å². The summed E-state index contributed by atoms with van der Waals surface area (Å²) in [5.74, 6) is 0.884. The third kappa shape index (κ3) is 4.68. The topological polar surface area (TPSA) is 24.5 Å². The fraction of sp³-hybridized carbons (Fsp3) is 0.625. The number of rotatable bonds is 7. The Bertz CT molecular complexity index is 445. The summed E-state index contributed by atoms with van der Waals surface area (Å²) in [7, 11) is 0. The highest BCUT2D eigenvalue weighted by Gasteiger charge is 2.22. The minimum absolute atomic E-state index is 0.670. The standard InChI is InChI=1S/C16H24Br2N2O/c1-3-20-7-5-6-13(20)11-19-10-12-8-14(17)16(21-4-2)15(18)9-12/h8-9,13,19H,3-7,10-11H2,1-2H3/t13-/m1/s1. The van der Waals surface area contributed by atoms with Gasteiger partial charge in [0.15, 0.2) is 0 Å². The van der Waals surface area contributed by atoms with Crippen molar-refractivity contribution >= 4 is 31.9 Å². The average Bonchev–Trinajstić information content (AvgIpc) is 2.90. The molecule has 1 heterocycles. The maximum atomic E-state index is 5.62. The number of hydrogen-bond donors (Lipinski definition) is 1. The number of halogens is 2. The summed E-state index contributed by atoms with van der Waals surface area (Å²) in [5.41, 5.74) is 1.26. The summed E-state index contributed by atoms with van der Waals surface area (Å²) >= 11 is 7.17. The first-order valence-corrected chi connectivity index (χ1v) is 9.29. The quantitative estimate of drug-likeness (QED) is 0.717. The fourth-order valence-corrected chi connectivity index (χ4v) is 4.43. The normalized spacial score (nSPS) is 19.1. The van der Waals surface area contributed by atoms with E-state index >= 15 is 0 Å². The van der Waals surface area contributed by atoms with Gasteiger partial charge in [-0.15, -0.1) is 0 Å². The van der Waals surface area contributed by atoms with E-state index in [0.29, 0.717) is 12.6 Å². The van der Waals surface area contributed by atoms with Crippen LogP contribution in [0, 0.1) is 0 Å². The van der Waals surface area contributed by atoms with Crippen molar-refractivity contribution < 1.29 is 4.74 Å². The van der Waals surface area contributed by atoms with Crippen LogP contribution < -0.4 is 10.1 Å². The van der Waals surface area contributed by atoms with E-state index in [1.807, 2.05) is 6.92 Å². The van der Waals surface area contributed by atoms with E-state index in [9.17, 15) is 0 Å². The third-order valence-corrected chi connectivity index (χ3v) is 5.14. The Balaban J connectivity index is 1.89. The van der Waals surface area contributed by atoms with Crippen LogP contribution in [0.3, 0.4) is 0 Å². The van der Waals surface area contributed by atoms with Crippen LogP contribution >= 0.6 is 31.9 Å². The van der Waals surface area contributed by atoms with Crippen LogP contribution in [-0.2, 0) is 6.54 Å². The Morgan fingerprint density at radius 3 is 2.62 bits per heavy atom. The summed E-state index contributed by atoms with van der Waals surface area (Å²) in [5, 5.41) is 3.59. The number of benzene rings is 1. The molecule has 0 spiro atoms. The van der Waals surface area contributed by atoms with Gasteiger partial charge >= 0.3 is 0 Å². The molecule has 118 valence electrons. The zero-order valence-electron chi connectivity index (χ0n) is 12.8. The molecule has 2 rings (SSSR count). The molecule has 0 aliphatic carbocycles. The molecule has 1 atom stereocenters. The molecule has 1 aromatic rings. The van der Waals surface area contributed by atoms with Crippen molar-refractivity contribution in [1.82, 2.24) is 10.2 Å². The lowest BCUT2D eigenvalue weighted by atomic mass is 10.2. The van der Waals surface area contributed by atoms with Gasteiger partial charge in [-0.1, -0.05) is 6.92 Å². The van der Waals surface area contributed by atoms with Crippen LogP contribution in [0.4, 0.5) is 0 Å². The summed E-state index contributed by atoms with van der Waals surface area (Å²) in [6, 6.07) is 4.97. The number of nitrogens with zero attached hydrogens (tertiary/aromatic N) is 1. The van der Waals surface area contributed by atoms with Crippen LogP contribution in [0.5, 0.6) is 5.75 Å². The van der Waals surface area contributed by atoms with Crippen molar-refractivity contribution in [3.63, 3.8) is 0 Å². The minimum Gasteiger partial charge on any atom is -0.492 e. The molecule has 1 aliphatic rings. The molecule has 21 heavy (non-hydrogen) atoms. The van der Waals surface area contributed by atoms with E-state index in [1.165, 1.54) is 24.9 Å². The Labute approximate surface area is 144 Å². The van der Waals surface area contributed by atoms with Crippen molar-refractivity contribution in [1.29, 1.82) is 0 Å². The fourth-order valence-electron chi connectivity index (χ4n) is 2.92. The average molecular weight is 420 g/mol. The highest BCUT2D eigenvalue weighted by Crippen LogP contribution is 2.34. The monoisotopic (exact) mass is 418 g/mol. The molecule has 0 bridgehead atoms. The van der Waals surface area contributed by atoms with Crippen LogP contribution in [0.1, 0.15) is 32.3 Å². The van der Waals surface area contributed by atoms with Crippen molar-refractivity contribution in [2.24, 2.45) is 0 Å². The molecule has 0 saturated carbocycles. The molecule has 1 N–H and O–H groups in total. The SMILES string of the molecule is CCOc1c(Br)cc(CNC[C@H]2CCCN2CC)cc1Br. The highest BCUT2D eigenvalue weighted by molar-refractivity contribution is 9.11. The van der Waals surface area contributed by atoms with Gasteiger partial charge in [-0.3, -0.25) is 4.90 Å². The smallest absolute Gasteiger partial charge is 0.147 e. The number of likely N-dealkylation sites (N-methyl/N-ethyl adjacent to an activating group) is 1. The molecule has 1 aromatic carbocycles. The summed E-state index contributed by atoms with van der Waals surface area (Å²) in [6.07, 6.45) is 2.65. The van der Waals surface area contributed by atoms with Crippen molar-refractivity contribution in [2.75, 3.05) is 26.2 Å². The highest BCUT2D eigenvalue weighted by atomic mass is 79.9. The van der Waals surface area contributed by atoms with Gasteiger partial charge in [0.25, 0.3) is 0 Å². The van der Waals surface area contributed by atoms with Crippen LogP contribution in [0.25, 0.3) is 0 Å². The Hall–Kier alpha value is -0.100. The van der Waals surface area contributed by atoms with Crippen molar-refractivity contribution in [3.8, 4) is 5.75 Å². The van der Waals surface area contributed by atoms with Gasteiger partial charge in [0.2, 0.25) is 0 Å². The molecule has 1 saturated heterocycles. The van der Waals surface area contributed by atoms with E-state index in [1.54, 1.807) is 0 Å². The van der Waals surface area contributed by atoms with E-state index in [4.69, 9.17) is 4.74 Å². The van der Waals surface area contributed by atoms with E-state index in [-0.39, 0.29) is 0 Å². The number of hydrogen-bond acceptors (Lipinski definition) is 3. The summed E-state index contributed by atoms with van der Waals surface area (Å²) in [4.78, 5) is 2.57. The second kappa shape index (κ2) is 8.51. The van der Waals surface area contributed by atoms with Gasteiger partial charge < -0.3 is 10.1 Å². The Morgan fingerprint density at radius 2 is 2.00 bits per heavy atom. The molecular weight excluding hydrogens is 396 g/mol. The molecule has 5 heteroatoms.